The quantitative estimate of drug-likeness (QED) is 0.277. The van der Waals surface area contributed by atoms with E-state index in [1.807, 2.05) is 17.5 Å². The SMILES string of the molecule is Cn1cnc2c1c(=O)n(CCCSc1nnc(-c3cccs3)n1N)c(=O)n2C. The molecule has 0 saturated heterocycles. The molecule has 0 amide bonds. The summed E-state index contributed by atoms with van der Waals surface area (Å²) in [6, 6.07) is 3.86. The van der Waals surface area contributed by atoms with Crippen LogP contribution in [0.1, 0.15) is 6.42 Å². The lowest BCUT2D eigenvalue weighted by atomic mass is 10.4. The minimum atomic E-state index is -0.372. The number of nitrogens with zero attached hydrogens (tertiary/aromatic N) is 7. The van der Waals surface area contributed by atoms with Crippen LogP contribution in [0.15, 0.2) is 38.6 Å². The van der Waals surface area contributed by atoms with Crippen molar-refractivity contribution in [3.05, 3.63) is 44.7 Å². The number of nitrogens with two attached hydrogens (primary N) is 1. The largest absolute Gasteiger partial charge is 0.335 e. The van der Waals surface area contributed by atoms with Crippen molar-refractivity contribution in [2.75, 3.05) is 11.6 Å². The van der Waals surface area contributed by atoms with Gasteiger partial charge in [0.05, 0.1) is 11.2 Å². The predicted molar refractivity (Wildman–Crippen MR) is 109 cm³/mol. The Balaban J connectivity index is 1.48. The van der Waals surface area contributed by atoms with Gasteiger partial charge in [0.2, 0.25) is 5.16 Å². The molecule has 0 aromatic carbocycles. The molecular formula is C16H18N8O2S2. The maximum Gasteiger partial charge on any atom is 0.332 e. The van der Waals surface area contributed by atoms with Crippen LogP contribution in [0, 0.1) is 0 Å². The van der Waals surface area contributed by atoms with Crippen molar-refractivity contribution in [3.63, 3.8) is 0 Å². The van der Waals surface area contributed by atoms with E-state index < -0.39 is 0 Å². The number of aromatic nitrogens is 7. The molecule has 10 nitrogen and oxygen atoms in total. The fourth-order valence-corrected chi connectivity index (χ4v) is 4.41. The molecule has 4 heterocycles. The lowest BCUT2D eigenvalue weighted by molar-refractivity contribution is 0.594. The fourth-order valence-electron chi connectivity index (χ4n) is 2.93. The zero-order valence-corrected chi connectivity index (χ0v) is 16.9. The number of hydrogen-bond acceptors (Lipinski definition) is 8. The zero-order chi connectivity index (χ0) is 19.8. The van der Waals surface area contributed by atoms with E-state index in [0.717, 1.165) is 4.88 Å². The molecule has 0 aliphatic rings. The van der Waals surface area contributed by atoms with Crippen molar-refractivity contribution in [2.45, 2.75) is 18.1 Å². The molecule has 4 aromatic heterocycles. The number of aryl methyl sites for hydroxylation is 2. The molecule has 12 heteroatoms. The van der Waals surface area contributed by atoms with E-state index in [-0.39, 0.29) is 11.2 Å². The Morgan fingerprint density at radius 3 is 2.82 bits per heavy atom. The molecule has 2 N–H and O–H groups in total. The van der Waals surface area contributed by atoms with E-state index in [9.17, 15) is 9.59 Å². The molecule has 0 fully saturated rings. The minimum absolute atomic E-state index is 0.302. The number of rotatable bonds is 6. The Kier molecular flexibility index (Phi) is 4.81. The molecule has 0 atom stereocenters. The monoisotopic (exact) mass is 418 g/mol. The second-order valence-corrected chi connectivity index (χ2v) is 8.19. The average molecular weight is 419 g/mol. The van der Waals surface area contributed by atoms with E-state index in [4.69, 9.17) is 5.84 Å². The summed E-state index contributed by atoms with van der Waals surface area (Å²) >= 11 is 2.98. The van der Waals surface area contributed by atoms with Gasteiger partial charge in [-0.05, 0) is 17.9 Å². The van der Waals surface area contributed by atoms with Crippen molar-refractivity contribution < 1.29 is 0 Å². The van der Waals surface area contributed by atoms with Gasteiger partial charge < -0.3 is 10.4 Å². The molecule has 0 spiro atoms. The number of thioether (sulfide) groups is 1. The summed E-state index contributed by atoms with van der Waals surface area (Å²) in [6.07, 6.45) is 2.13. The fraction of sp³-hybridized carbons (Fsp3) is 0.312. The summed E-state index contributed by atoms with van der Waals surface area (Å²) in [5, 5.41) is 10.8. The Labute approximate surface area is 167 Å². The summed E-state index contributed by atoms with van der Waals surface area (Å²) in [5.41, 5.74) is 0.103. The molecule has 0 bridgehead atoms. The van der Waals surface area contributed by atoms with Gasteiger partial charge in [-0.25, -0.2) is 14.5 Å². The topological polar surface area (TPSA) is 119 Å². The van der Waals surface area contributed by atoms with Crippen LogP contribution in [-0.2, 0) is 20.6 Å². The Morgan fingerprint density at radius 1 is 1.25 bits per heavy atom. The first-order valence-electron chi connectivity index (χ1n) is 8.47. The predicted octanol–water partition coefficient (Wildman–Crippen LogP) is 0.650. The van der Waals surface area contributed by atoms with Crippen LogP contribution in [0.5, 0.6) is 0 Å². The normalized spacial score (nSPS) is 11.5. The van der Waals surface area contributed by atoms with Crippen molar-refractivity contribution in [2.24, 2.45) is 14.1 Å². The number of nitrogen functional groups attached to an aromatic ring is 1. The third-order valence-corrected chi connectivity index (χ3v) is 6.26. The van der Waals surface area contributed by atoms with Crippen molar-refractivity contribution in [1.82, 2.24) is 33.6 Å². The van der Waals surface area contributed by atoms with Crippen LogP contribution in [0.4, 0.5) is 0 Å². The van der Waals surface area contributed by atoms with Gasteiger partial charge in [0, 0.05) is 26.4 Å². The minimum Gasteiger partial charge on any atom is -0.335 e. The molecule has 0 aliphatic heterocycles. The molecule has 146 valence electrons. The van der Waals surface area contributed by atoms with Gasteiger partial charge in [-0.1, -0.05) is 17.8 Å². The summed E-state index contributed by atoms with van der Waals surface area (Å²) in [5.74, 6) is 7.34. The summed E-state index contributed by atoms with van der Waals surface area (Å²) in [4.78, 5) is 30.2. The first-order valence-corrected chi connectivity index (χ1v) is 10.3. The number of thiophene rings is 1. The van der Waals surface area contributed by atoms with Crippen molar-refractivity contribution in [1.29, 1.82) is 0 Å². The van der Waals surface area contributed by atoms with E-state index >= 15 is 0 Å². The van der Waals surface area contributed by atoms with Gasteiger partial charge in [0.25, 0.3) is 5.56 Å². The van der Waals surface area contributed by atoms with Crippen molar-refractivity contribution in [3.8, 4) is 10.7 Å². The Bertz CT molecular complexity index is 1250. The third kappa shape index (κ3) is 3.03. The first kappa shape index (κ1) is 18.5. The van der Waals surface area contributed by atoms with Crippen LogP contribution in [-0.4, -0.2) is 39.3 Å². The van der Waals surface area contributed by atoms with E-state index in [2.05, 4.69) is 15.2 Å². The Hall–Kier alpha value is -2.86. The summed E-state index contributed by atoms with van der Waals surface area (Å²) < 4.78 is 5.73. The molecule has 4 aromatic rings. The third-order valence-electron chi connectivity index (χ3n) is 4.36. The van der Waals surface area contributed by atoms with Gasteiger partial charge in [-0.3, -0.25) is 13.9 Å². The summed E-state index contributed by atoms with van der Waals surface area (Å²) in [7, 11) is 3.35. The lowest BCUT2D eigenvalue weighted by Crippen LogP contribution is -2.39. The van der Waals surface area contributed by atoms with Gasteiger partial charge in [-0.15, -0.1) is 21.5 Å². The molecule has 28 heavy (non-hydrogen) atoms. The zero-order valence-electron chi connectivity index (χ0n) is 15.3. The highest BCUT2D eigenvalue weighted by molar-refractivity contribution is 7.99. The lowest BCUT2D eigenvalue weighted by Gasteiger charge is -2.08. The van der Waals surface area contributed by atoms with Gasteiger partial charge in [-0.2, -0.15) is 0 Å². The number of imidazole rings is 1. The van der Waals surface area contributed by atoms with Crippen molar-refractivity contribution >= 4 is 34.3 Å². The van der Waals surface area contributed by atoms with Crippen LogP contribution >= 0.6 is 23.1 Å². The molecule has 0 aliphatic carbocycles. The molecule has 4 rings (SSSR count). The van der Waals surface area contributed by atoms with Crippen LogP contribution in [0.25, 0.3) is 21.9 Å². The average Bonchev–Trinajstić information content (AvgIpc) is 3.40. The highest BCUT2D eigenvalue weighted by Gasteiger charge is 2.15. The highest BCUT2D eigenvalue weighted by Crippen LogP contribution is 2.25. The molecular weight excluding hydrogens is 400 g/mol. The van der Waals surface area contributed by atoms with E-state index in [1.54, 1.807) is 30.0 Å². The second-order valence-electron chi connectivity index (χ2n) is 6.18. The second kappa shape index (κ2) is 7.28. The maximum atomic E-state index is 12.7. The van der Waals surface area contributed by atoms with Gasteiger partial charge >= 0.3 is 5.69 Å². The van der Waals surface area contributed by atoms with E-state index in [1.165, 1.54) is 31.9 Å². The van der Waals surface area contributed by atoms with Gasteiger partial charge in [0.1, 0.15) is 0 Å². The smallest absolute Gasteiger partial charge is 0.332 e. The molecule has 0 saturated carbocycles. The van der Waals surface area contributed by atoms with Crippen LogP contribution < -0.4 is 17.1 Å². The van der Waals surface area contributed by atoms with Gasteiger partial charge in [0.15, 0.2) is 17.0 Å². The molecule has 0 unspecified atom stereocenters. The highest BCUT2D eigenvalue weighted by atomic mass is 32.2. The first-order chi connectivity index (χ1) is 13.5. The number of fused-ring (bicyclic) bond motifs is 1. The van der Waals surface area contributed by atoms with Crippen LogP contribution in [0.3, 0.4) is 0 Å². The summed E-state index contributed by atoms with van der Waals surface area (Å²) in [6.45, 7) is 0.302. The maximum absolute atomic E-state index is 12.7. The van der Waals surface area contributed by atoms with E-state index in [0.29, 0.717) is 40.9 Å². The van der Waals surface area contributed by atoms with Crippen LogP contribution in [0.2, 0.25) is 0 Å². The number of hydrogen-bond donors (Lipinski definition) is 1. The standard InChI is InChI=1S/C16H18N8O2S2/c1-21-9-18-13-11(21)14(25)23(16(26)22(13)2)6-4-8-28-15-20-19-12(24(15)17)10-5-3-7-27-10/h3,5,7,9H,4,6,8,17H2,1-2H3. The molecule has 0 radical (unpaired) electrons. The Morgan fingerprint density at radius 2 is 2.07 bits per heavy atom.